The van der Waals surface area contributed by atoms with Gasteiger partial charge in [0.2, 0.25) is 5.91 Å². The summed E-state index contributed by atoms with van der Waals surface area (Å²) < 4.78 is 0. The summed E-state index contributed by atoms with van der Waals surface area (Å²) in [5.41, 5.74) is 0. The van der Waals surface area contributed by atoms with Gasteiger partial charge in [0.15, 0.2) is 0 Å². The molecule has 0 bridgehead atoms. The van der Waals surface area contributed by atoms with Crippen molar-refractivity contribution in [2.75, 3.05) is 32.4 Å². The minimum Gasteiger partial charge on any atom is -0.342 e. The molecule has 0 unspecified atom stereocenters. The van der Waals surface area contributed by atoms with E-state index in [4.69, 9.17) is 0 Å². The van der Waals surface area contributed by atoms with Gasteiger partial charge in [0.25, 0.3) is 0 Å². The predicted octanol–water partition coefficient (Wildman–Crippen LogP) is 3.87. The van der Waals surface area contributed by atoms with Crippen LogP contribution in [0.5, 0.6) is 0 Å². The number of amides is 1. The number of thioether (sulfide) groups is 1. The van der Waals surface area contributed by atoms with Gasteiger partial charge >= 0.3 is 0 Å². The minimum atomic E-state index is 0.239. The Labute approximate surface area is 149 Å². The van der Waals surface area contributed by atoms with E-state index in [0.717, 1.165) is 37.4 Å². The summed E-state index contributed by atoms with van der Waals surface area (Å²) in [4.78, 5) is 18.1. The van der Waals surface area contributed by atoms with Crippen molar-refractivity contribution < 1.29 is 4.79 Å². The molecule has 3 rings (SSSR count). The smallest absolute Gasteiger partial charge is 0.232 e. The minimum absolute atomic E-state index is 0.239. The van der Waals surface area contributed by atoms with Crippen molar-refractivity contribution in [1.82, 2.24) is 9.80 Å². The van der Waals surface area contributed by atoms with Crippen LogP contribution in [0.15, 0.2) is 47.4 Å². The highest BCUT2D eigenvalue weighted by molar-refractivity contribution is 8.00. The first-order valence-electron chi connectivity index (χ1n) is 8.77. The molecular weight excluding hydrogens is 316 g/mol. The number of carbonyl (C=O) groups is 1. The van der Waals surface area contributed by atoms with E-state index >= 15 is 0 Å². The van der Waals surface area contributed by atoms with Crippen LogP contribution in [-0.4, -0.2) is 54.2 Å². The van der Waals surface area contributed by atoms with Crippen molar-refractivity contribution in [2.45, 2.75) is 30.7 Å². The van der Waals surface area contributed by atoms with E-state index in [9.17, 15) is 4.79 Å². The first-order chi connectivity index (χ1) is 11.7. The van der Waals surface area contributed by atoms with Crippen LogP contribution in [0.1, 0.15) is 19.8 Å². The zero-order valence-corrected chi connectivity index (χ0v) is 15.4. The molecule has 24 heavy (non-hydrogen) atoms. The fourth-order valence-corrected chi connectivity index (χ4v) is 4.20. The zero-order valence-electron chi connectivity index (χ0n) is 14.6. The molecule has 0 atom stereocenters. The Bertz CT molecular complexity index is 695. The number of carbonyl (C=O) groups excluding carboxylic acids is 1. The molecule has 1 saturated heterocycles. The SMILES string of the molecule is CCN1CCC(N(C)C(=O)CSc2ccc3ccccc3c2)CC1. The molecule has 0 N–H and O–H groups in total. The summed E-state index contributed by atoms with van der Waals surface area (Å²) in [6, 6.07) is 15.2. The summed E-state index contributed by atoms with van der Waals surface area (Å²) in [5.74, 6) is 0.756. The number of likely N-dealkylation sites (tertiary alicyclic amines) is 1. The normalized spacial score (nSPS) is 16.4. The number of nitrogens with zero attached hydrogens (tertiary/aromatic N) is 2. The molecule has 1 aliphatic rings. The van der Waals surface area contributed by atoms with E-state index in [1.54, 1.807) is 11.8 Å². The van der Waals surface area contributed by atoms with Gasteiger partial charge in [-0.1, -0.05) is 37.3 Å². The van der Waals surface area contributed by atoms with Crippen LogP contribution >= 0.6 is 11.8 Å². The molecule has 1 heterocycles. The molecule has 1 aliphatic heterocycles. The zero-order chi connectivity index (χ0) is 16.9. The fourth-order valence-electron chi connectivity index (χ4n) is 3.33. The second-order valence-corrected chi connectivity index (χ2v) is 7.52. The first kappa shape index (κ1) is 17.3. The van der Waals surface area contributed by atoms with Crippen LogP contribution in [0.2, 0.25) is 0 Å². The lowest BCUT2D eigenvalue weighted by molar-refractivity contribution is -0.129. The Morgan fingerprint density at radius 2 is 1.88 bits per heavy atom. The van der Waals surface area contributed by atoms with Gasteiger partial charge in [-0.15, -0.1) is 11.8 Å². The molecule has 128 valence electrons. The Hall–Kier alpha value is -1.52. The van der Waals surface area contributed by atoms with Crippen LogP contribution in [-0.2, 0) is 4.79 Å². The lowest BCUT2D eigenvalue weighted by Gasteiger charge is -2.36. The van der Waals surface area contributed by atoms with Crippen molar-refractivity contribution in [3.63, 3.8) is 0 Å². The third kappa shape index (κ3) is 4.11. The molecule has 0 aliphatic carbocycles. The summed E-state index contributed by atoms with van der Waals surface area (Å²) in [7, 11) is 1.97. The molecule has 3 nitrogen and oxygen atoms in total. The number of rotatable bonds is 5. The summed E-state index contributed by atoms with van der Waals surface area (Å²) in [5, 5.41) is 2.48. The fraction of sp³-hybridized carbons (Fsp3) is 0.450. The average Bonchev–Trinajstić information content (AvgIpc) is 2.65. The standard InChI is InChI=1S/C20H26N2OS/c1-3-22-12-10-18(11-13-22)21(2)20(23)15-24-19-9-8-16-6-4-5-7-17(16)14-19/h4-9,14,18H,3,10-13,15H2,1-2H3. The topological polar surface area (TPSA) is 23.6 Å². The van der Waals surface area contributed by atoms with Crippen molar-refractivity contribution in [1.29, 1.82) is 0 Å². The van der Waals surface area contributed by atoms with Gasteiger partial charge in [0, 0.05) is 31.1 Å². The van der Waals surface area contributed by atoms with Crippen LogP contribution in [0.25, 0.3) is 10.8 Å². The van der Waals surface area contributed by atoms with Crippen molar-refractivity contribution in [3.05, 3.63) is 42.5 Å². The first-order valence-corrected chi connectivity index (χ1v) is 9.75. The third-order valence-electron chi connectivity index (χ3n) is 5.03. The molecular formula is C20H26N2OS. The number of fused-ring (bicyclic) bond motifs is 1. The van der Waals surface area contributed by atoms with E-state index in [0.29, 0.717) is 11.8 Å². The molecule has 4 heteroatoms. The lowest BCUT2D eigenvalue weighted by Crippen LogP contribution is -2.46. The second-order valence-electron chi connectivity index (χ2n) is 6.47. The van der Waals surface area contributed by atoms with Gasteiger partial charge in [-0.3, -0.25) is 4.79 Å². The molecule has 0 saturated carbocycles. The number of piperidine rings is 1. The maximum absolute atomic E-state index is 12.5. The van der Waals surface area contributed by atoms with Crippen LogP contribution in [0.4, 0.5) is 0 Å². The Balaban J connectivity index is 1.54. The monoisotopic (exact) mass is 342 g/mol. The Morgan fingerprint density at radius 1 is 1.17 bits per heavy atom. The highest BCUT2D eigenvalue weighted by atomic mass is 32.2. The highest BCUT2D eigenvalue weighted by Gasteiger charge is 2.24. The van der Waals surface area contributed by atoms with Crippen LogP contribution < -0.4 is 0 Å². The number of hydrogen-bond donors (Lipinski definition) is 0. The van der Waals surface area contributed by atoms with Gasteiger partial charge in [0.1, 0.15) is 0 Å². The van der Waals surface area contributed by atoms with Crippen LogP contribution in [0.3, 0.4) is 0 Å². The second kappa shape index (κ2) is 8.04. The lowest BCUT2D eigenvalue weighted by atomic mass is 10.0. The van der Waals surface area contributed by atoms with E-state index < -0.39 is 0 Å². The van der Waals surface area contributed by atoms with E-state index in [2.05, 4.69) is 54.3 Å². The molecule has 1 amide bonds. The summed E-state index contributed by atoms with van der Waals surface area (Å²) >= 11 is 1.64. The quantitative estimate of drug-likeness (QED) is 0.771. The van der Waals surface area contributed by atoms with Gasteiger partial charge < -0.3 is 9.80 Å². The summed E-state index contributed by atoms with van der Waals surface area (Å²) in [6.45, 7) is 5.53. The molecule has 2 aromatic carbocycles. The van der Waals surface area contributed by atoms with E-state index in [1.807, 2.05) is 11.9 Å². The Morgan fingerprint density at radius 3 is 2.58 bits per heavy atom. The van der Waals surface area contributed by atoms with E-state index in [-0.39, 0.29) is 5.91 Å². The molecule has 0 radical (unpaired) electrons. The van der Waals surface area contributed by atoms with Crippen molar-refractivity contribution >= 4 is 28.4 Å². The Kier molecular flexibility index (Phi) is 5.80. The number of benzene rings is 2. The average molecular weight is 343 g/mol. The summed E-state index contributed by atoms with van der Waals surface area (Å²) in [6.07, 6.45) is 2.19. The maximum Gasteiger partial charge on any atom is 0.232 e. The van der Waals surface area contributed by atoms with Gasteiger partial charge in [-0.05, 0) is 42.3 Å². The molecule has 0 spiro atoms. The van der Waals surface area contributed by atoms with E-state index in [1.165, 1.54) is 10.8 Å². The molecule has 0 aromatic heterocycles. The van der Waals surface area contributed by atoms with Gasteiger partial charge in [-0.25, -0.2) is 0 Å². The molecule has 2 aromatic rings. The molecule has 1 fully saturated rings. The highest BCUT2D eigenvalue weighted by Crippen LogP contribution is 2.24. The van der Waals surface area contributed by atoms with Crippen LogP contribution in [0, 0.1) is 0 Å². The predicted molar refractivity (Wildman–Crippen MR) is 103 cm³/mol. The maximum atomic E-state index is 12.5. The third-order valence-corrected chi connectivity index (χ3v) is 6.01. The van der Waals surface area contributed by atoms with Crippen molar-refractivity contribution in [3.8, 4) is 0 Å². The van der Waals surface area contributed by atoms with Gasteiger partial charge in [-0.2, -0.15) is 0 Å². The van der Waals surface area contributed by atoms with Crippen molar-refractivity contribution in [2.24, 2.45) is 0 Å². The number of hydrogen-bond acceptors (Lipinski definition) is 3. The largest absolute Gasteiger partial charge is 0.342 e. The van der Waals surface area contributed by atoms with Gasteiger partial charge in [0.05, 0.1) is 5.75 Å².